The van der Waals surface area contributed by atoms with E-state index >= 15 is 0 Å². The predicted octanol–water partition coefficient (Wildman–Crippen LogP) is 3.23. The van der Waals surface area contributed by atoms with E-state index in [1.807, 2.05) is 23.1 Å². The van der Waals surface area contributed by atoms with Gasteiger partial charge < -0.3 is 10.6 Å². The lowest BCUT2D eigenvalue weighted by atomic mass is 9.90. The summed E-state index contributed by atoms with van der Waals surface area (Å²) in [6.07, 6.45) is 2.21. The van der Waals surface area contributed by atoms with Gasteiger partial charge in [0.25, 0.3) is 0 Å². The zero-order valence-electron chi connectivity index (χ0n) is 11.7. The zero-order valence-corrected chi connectivity index (χ0v) is 14.0. The van der Waals surface area contributed by atoms with Crippen LogP contribution in [0.4, 0.5) is 0 Å². The number of benzene rings is 1. The number of rotatable bonds is 4. The minimum Gasteiger partial charge on any atom is -0.342 e. The summed E-state index contributed by atoms with van der Waals surface area (Å²) >= 11 is 9.48. The molecule has 1 atom stereocenters. The third-order valence-corrected chi connectivity index (χ3v) is 5.03. The Balaban J connectivity index is 1.91. The van der Waals surface area contributed by atoms with Crippen molar-refractivity contribution in [1.29, 1.82) is 0 Å². The minimum absolute atomic E-state index is 0.0896. The number of carbonyl (C=O) groups excluding carboxylic acids is 1. The first kappa shape index (κ1) is 15.8. The standard InChI is InChI=1S/C15H20BrClN2O/c1-15(9-18)6-7-19(10-15)14(20)5-2-11-8-12(17)3-4-13(11)16/h3-4,8H,2,5-7,9-10,18H2,1H3. The summed E-state index contributed by atoms with van der Waals surface area (Å²) in [5.74, 6) is 0.203. The number of likely N-dealkylation sites (tertiary alicyclic amines) is 1. The molecule has 1 fully saturated rings. The molecule has 1 aromatic carbocycles. The fourth-order valence-corrected chi connectivity index (χ4v) is 3.18. The molecule has 1 aliphatic heterocycles. The molecular weight excluding hydrogens is 340 g/mol. The summed E-state index contributed by atoms with van der Waals surface area (Å²) in [6.45, 7) is 4.38. The number of hydrogen-bond acceptors (Lipinski definition) is 2. The fraction of sp³-hybridized carbons (Fsp3) is 0.533. The number of aryl methyl sites for hydroxylation is 1. The van der Waals surface area contributed by atoms with Crippen molar-refractivity contribution in [2.24, 2.45) is 11.1 Å². The van der Waals surface area contributed by atoms with Crippen LogP contribution in [0.3, 0.4) is 0 Å². The van der Waals surface area contributed by atoms with Crippen molar-refractivity contribution in [3.63, 3.8) is 0 Å². The van der Waals surface area contributed by atoms with Gasteiger partial charge in [-0.05, 0) is 48.6 Å². The number of halogens is 2. The lowest BCUT2D eigenvalue weighted by Crippen LogP contribution is -2.34. The van der Waals surface area contributed by atoms with Crippen LogP contribution in [0.25, 0.3) is 0 Å². The number of carbonyl (C=O) groups is 1. The second kappa shape index (κ2) is 6.46. The van der Waals surface area contributed by atoms with Crippen molar-refractivity contribution >= 4 is 33.4 Å². The number of amides is 1. The molecule has 20 heavy (non-hydrogen) atoms. The fourth-order valence-electron chi connectivity index (χ4n) is 2.54. The van der Waals surface area contributed by atoms with E-state index in [1.165, 1.54) is 0 Å². The predicted molar refractivity (Wildman–Crippen MR) is 85.8 cm³/mol. The van der Waals surface area contributed by atoms with Crippen molar-refractivity contribution in [1.82, 2.24) is 4.90 Å². The molecule has 1 saturated heterocycles. The topological polar surface area (TPSA) is 46.3 Å². The van der Waals surface area contributed by atoms with Crippen molar-refractivity contribution in [2.75, 3.05) is 19.6 Å². The Kier molecular flexibility index (Phi) is 5.10. The minimum atomic E-state index is 0.0896. The van der Waals surface area contributed by atoms with E-state index in [2.05, 4.69) is 22.9 Å². The maximum atomic E-state index is 12.3. The zero-order chi connectivity index (χ0) is 14.8. The van der Waals surface area contributed by atoms with Crippen LogP contribution in [0.1, 0.15) is 25.3 Å². The third kappa shape index (κ3) is 3.74. The van der Waals surface area contributed by atoms with Gasteiger partial charge in [-0.1, -0.05) is 34.5 Å². The van der Waals surface area contributed by atoms with E-state index in [1.54, 1.807) is 0 Å². The van der Waals surface area contributed by atoms with Gasteiger partial charge in [0.1, 0.15) is 0 Å². The summed E-state index contributed by atoms with van der Waals surface area (Å²) < 4.78 is 1.00. The van der Waals surface area contributed by atoms with Crippen molar-refractivity contribution in [3.8, 4) is 0 Å². The molecule has 0 bridgehead atoms. The number of nitrogens with zero attached hydrogens (tertiary/aromatic N) is 1. The van der Waals surface area contributed by atoms with E-state index in [9.17, 15) is 4.79 Å². The van der Waals surface area contributed by atoms with Crippen molar-refractivity contribution in [2.45, 2.75) is 26.2 Å². The van der Waals surface area contributed by atoms with Gasteiger partial charge in [0.2, 0.25) is 5.91 Å². The molecule has 110 valence electrons. The second-order valence-corrected chi connectivity index (χ2v) is 7.11. The van der Waals surface area contributed by atoms with Crippen LogP contribution in [-0.2, 0) is 11.2 Å². The molecule has 2 N–H and O–H groups in total. The smallest absolute Gasteiger partial charge is 0.222 e. The Morgan fingerprint density at radius 1 is 1.55 bits per heavy atom. The van der Waals surface area contributed by atoms with Gasteiger partial charge >= 0.3 is 0 Å². The van der Waals surface area contributed by atoms with E-state index in [-0.39, 0.29) is 11.3 Å². The van der Waals surface area contributed by atoms with Gasteiger partial charge in [0.15, 0.2) is 0 Å². The van der Waals surface area contributed by atoms with Crippen LogP contribution in [-0.4, -0.2) is 30.4 Å². The monoisotopic (exact) mass is 358 g/mol. The van der Waals surface area contributed by atoms with Crippen LogP contribution in [0.5, 0.6) is 0 Å². The first-order chi connectivity index (χ1) is 9.43. The van der Waals surface area contributed by atoms with Crippen molar-refractivity contribution in [3.05, 3.63) is 33.3 Å². The highest BCUT2D eigenvalue weighted by molar-refractivity contribution is 9.10. The number of hydrogen-bond donors (Lipinski definition) is 1. The van der Waals surface area contributed by atoms with Gasteiger partial charge in [-0.2, -0.15) is 0 Å². The third-order valence-electron chi connectivity index (χ3n) is 4.02. The average Bonchev–Trinajstić information content (AvgIpc) is 2.83. The lowest BCUT2D eigenvalue weighted by molar-refractivity contribution is -0.130. The first-order valence-corrected chi connectivity index (χ1v) is 8.02. The summed E-state index contributed by atoms with van der Waals surface area (Å²) in [5.41, 5.74) is 6.94. The molecule has 2 rings (SSSR count). The normalized spacial score (nSPS) is 22.3. The summed E-state index contributed by atoms with van der Waals surface area (Å²) in [7, 11) is 0. The Labute approximate surface area is 133 Å². The van der Waals surface area contributed by atoms with E-state index in [4.69, 9.17) is 17.3 Å². The molecule has 0 spiro atoms. The number of nitrogens with two attached hydrogens (primary N) is 1. The van der Waals surface area contributed by atoms with E-state index in [0.29, 0.717) is 24.4 Å². The Hall–Kier alpha value is -0.580. The maximum absolute atomic E-state index is 12.3. The molecule has 0 saturated carbocycles. The molecule has 0 radical (unpaired) electrons. The Bertz CT molecular complexity index is 509. The van der Waals surface area contributed by atoms with Crippen LogP contribution >= 0.6 is 27.5 Å². The van der Waals surface area contributed by atoms with Crippen LogP contribution < -0.4 is 5.73 Å². The van der Waals surface area contributed by atoms with Gasteiger partial charge in [0, 0.05) is 29.0 Å². The van der Waals surface area contributed by atoms with Crippen molar-refractivity contribution < 1.29 is 4.79 Å². The molecule has 1 aromatic rings. The Morgan fingerprint density at radius 2 is 2.30 bits per heavy atom. The molecule has 5 heteroatoms. The highest BCUT2D eigenvalue weighted by atomic mass is 79.9. The van der Waals surface area contributed by atoms with Gasteiger partial charge in [-0.25, -0.2) is 0 Å². The largest absolute Gasteiger partial charge is 0.342 e. The molecule has 0 aromatic heterocycles. The quantitative estimate of drug-likeness (QED) is 0.897. The lowest BCUT2D eigenvalue weighted by Gasteiger charge is -2.22. The Morgan fingerprint density at radius 3 is 2.95 bits per heavy atom. The van der Waals surface area contributed by atoms with Crippen LogP contribution in [0, 0.1) is 5.41 Å². The SMILES string of the molecule is CC1(CN)CCN(C(=O)CCc2cc(Cl)ccc2Br)C1. The summed E-state index contributed by atoms with van der Waals surface area (Å²) in [4.78, 5) is 14.2. The molecule has 3 nitrogen and oxygen atoms in total. The van der Waals surface area contributed by atoms with Gasteiger partial charge in [-0.15, -0.1) is 0 Å². The van der Waals surface area contributed by atoms with Gasteiger partial charge in [0.05, 0.1) is 0 Å². The summed E-state index contributed by atoms with van der Waals surface area (Å²) in [6, 6.07) is 5.67. The first-order valence-electron chi connectivity index (χ1n) is 6.85. The van der Waals surface area contributed by atoms with Crippen LogP contribution in [0.15, 0.2) is 22.7 Å². The maximum Gasteiger partial charge on any atom is 0.222 e. The highest BCUT2D eigenvalue weighted by Crippen LogP contribution is 2.29. The molecule has 1 heterocycles. The molecule has 1 unspecified atom stereocenters. The van der Waals surface area contributed by atoms with E-state index in [0.717, 1.165) is 29.5 Å². The average molecular weight is 360 g/mol. The summed E-state index contributed by atoms with van der Waals surface area (Å²) in [5, 5.41) is 0.701. The van der Waals surface area contributed by atoms with Crippen LogP contribution in [0.2, 0.25) is 5.02 Å². The molecule has 1 amide bonds. The van der Waals surface area contributed by atoms with E-state index < -0.39 is 0 Å². The second-order valence-electron chi connectivity index (χ2n) is 5.82. The highest BCUT2D eigenvalue weighted by Gasteiger charge is 2.34. The molecule has 1 aliphatic rings. The molecule has 0 aliphatic carbocycles. The molecular formula is C15H20BrClN2O. The van der Waals surface area contributed by atoms with Gasteiger partial charge in [-0.3, -0.25) is 4.79 Å².